The van der Waals surface area contributed by atoms with E-state index in [1.807, 2.05) is 6.21 Å². The van der Waals surface area contributed by atoms with Crippen molar-refractivity contribution in [2.45, 2.75) is 38.3 Å². The largest absolute Gasteiger partial charge is 0.402 e. The molecule has 0 fully saturated rings. The highest BCUT2D eigenvalue weighted by atomic mass is 28.4. The van der Waals surface area contributed by atoms with Gasteiger partial charge in [-0.1, -0.05) is 81.4 Å². The predicted molar refractivity (Wildman–Crippen MR) is 100 cm³/mol. The lowest BCUT2D eigenvalue weighted by molar-refractivity contribution is 0.211. The van der Waals surface area contributed by atoms with Gasteiger partial charge in [0.1, 0.15) is 0 Å². The molecule has 0 N–H and O–H groups in total. The van der Waals surface area contributed by atoms with E-state index >= 15 is 0 Å². The summed E-state index contributed by atoms with van der Waals surface area (Å²) in [5.74, 6) is 0. The molecule has 0 aromatic heterocycles. The topological polar surface area (TPSA) is 21.6 Å². The van der Waals surface area contributed by atoms with E-state index in [0.717, 1.165) is 13.0 Å². The lowest BCUT2D eigenvalue weighted by atomic mass is 10.2. The van der Waals surface area contributed by atoms with E-state index in [4.69, 9.17) is 4.43 Å². The first kappa shape index (κ1) is 16.2. The number of nitrogens with zero attached hydrogens (tertiary/aromatic N) is 1. The highest BCUT2D eigenvalue weighted by Gasteiger charge is 2.51. The maximum absolute atomic E-state index is 6.95. The van der Waals surface area contributed by atoms with E-state index in [2.05, 4.69) is 86.4 Å². The molecule has 2 aromatic carbocycles. The van der Waals surface area contributed by atoms with Crippen molar-refractivity contribution in [3.63, 3.8) is 0 Å². The fourth-order valence-electron chi connectivity index (χ4n) is 3.49. The van der Waals surface area contributed by atoms with Crippen LogP contribution >= 0.6 is 0 Å². The van der Waals surface area contributed by atoms with Crippen LogP contribution in [0.5, 0.6) is 0 Å². The van der Waals surface area contributed by atoms with Crippen LogP contribution in [0.4, 0.5) is 0 Å². The number of benzene rings is 2. The van der Waals surface area contributed by atoms with E-state index in [-0.39, 0.29) is 11.1 Å². The summed E-state index contributed by atoms with van der Waals surface area (Å²) >= 11 is 0. The normalized spacial score (nSPS) is 18.3. The molecule has 1 atom stereocenters. The number of aliphatic imine (C=N–C) groups is 1. The van der Waals surface area contributed by atoms with Crippen LogP contribution in [0.2, 0.25) is 5.04 Å². The Hall–Kier alpha value is -1.71. The Kier molecular flexibility index (Phi) is 4.51. The Morgan fingerprint density at radius 1 is 0.913 bits per heavy atom. The third kappa shape index (κ3) is 3.03. The second-order valence-corrected chi connectivity index (χ2v) is 11.4. The molecule has 23 heavy (non-hydrogen) atoms. The van der Waals surface area contributed by atoms with E-state index in [0.29, 0.717) is 0 Å². The van der Waals surface area contributed by atoms with Crippen molar-refractivity contribution < 1.29 is 4.43 Å². The van der Waals surface area contributed by atoms with E-state index in [1.165, 1.54) is 10.4 Å². The van der Waals surface area contributed by atoms with Gasteiger partial charge in [0, 0.05) is 12.6 Å². The average Bonchev–Trinajstić information content (AvgIpc) is 3.06. The first-order valence-electron chi connectivity index (χ1n) is 8.31. The Morgan fingerprint density at radius 3 is 1.83 bits per heavy atom. The molecule has 1 aliphatic rings. The fourth-order valence-corrected chi connectivity index (χ4v) is 8.17. The maximum Gasteiger partial charge on any atom is 0.261 e. The molecular weight excluding hydrogens is 298 g/mol. The summed E-state index contributed by atoms with van der Waals surface area (Å²) in [5.41, 5.74) is 0. The van der Waals surface area contributed by atoms with Crippen LogP contribution in [-0.2, 0) is 4.43 Å². The van der Waals surface area contributed by atoms with Crippen LogP contribution in [0, 0.1) is 0 Å². The van der Waals surface area contributed by atoms with Crippen molar-refractivity contribution in [2.24, 2.45) is 4.99 Å². The standard InChI is InChI=1S/C20H25NOSi/c1-20(2,3)23(18-10-6-4-7-11-18,19-12-8-5-9-13-19)22-17-14-15-21-16-17/h4-13,15,17H,14,16H2,1-3H3/t17-/m1/s1. The van der Waals surface area contributed by atoms with Crippen LogP contribution in [0.3, 0.4) is 0 Å². The number of hydrogen-bond donors (Lipinski definition) is 0. The summed E-state index contributed by atoms with van der Waals surface area (Å²) in [5, 5.41) is 2.72. The molecule has 0 saturated heterocycles. The summed E-state index contributed by atoms with van der Waals surface area (Å²) in [7, 11) is -2.39. The van der Waals surface area contributed by atoms with Gasteiger partial charge in [-0.15, -0.1) is 0 Å². The highest BCUT2D eigenvalue weighted by Crippen LogP contribution is 2.38. The van der Waals surface area contributed by atoms with Gasteiger partial charge in [0.2, 0.25) is 0 Å². The van der Waals surface area contributed by atoms with Crippen LogP contribution < -0.4 is 10.4 Å². The highest BCUT2D eigenvalue weighted by molar-refractivity contribution is 6.99. The molecule has 0 bridgehead atoms. The third-order valence-corrected chi connectivity index (χ3v) is 9.66. The van der Waals surface area contributed by atoms with Gasteiger partial charge in [-0.2, -0.15) is 0 Å². The SMILES string of the molecule is CC(C)(C)[Si](O[C@@H]1CC=NC1)(c1ccccc1)c1ccccc1. The van der Waals surface area contributed by atoms with Gasteiger partial charge in [0.25, 0.3) is 8.32 Å². The molecule has 120 valence electrons. The monoisotopic (exact) mass is 323 g/mol. The van der Waals surface area contributed by atoms with E-state index < -0.39 is 8.32 Å². The summed E-state index contributed by atoms with van der Waals surface area (Å²) in [6.45, 7) is 7.73. The first-order chi connectivity index (χ1) is 11.0. The van der Waals surface area contributed by atoms with Crippen LogP contribution in [-0.4, -0.2) is 27.2 Å². The zero-order chi connectivity index (χ0) is 16.3. The molecule has 1 heterocycles. The van der Waals surface area contributed by atoms with Crippen molar-refractivity contribution in [3.05, 3.63) is 60.7 Å². The summed E-state index contributed by atoms with van der Waals surface area (Å²) in [4.78, 5) is 4.39. The molecule has 0 radical (unpaired) electrons. The van der Waals surface area contributed by atoms with Gasteiger partial charge in [-0.3, -0.25) is 4.99 Å². The summed E-state index contributed by atoms with van der Waals surface area (Å²) < 4.78 is 6.95. The quantitative estimate of drug-likeness (QED) is 0.790. The molecule has 2 nitrogen and oxygen atoms in total. The Balaban J connectivity index is 2.17. The van der Waals surface area contributed by atoms with Gasteiger partial charge < -0.3 is 4.43 Å². The summed E-state index contributed by atoms with van der Waals surface area (Å²) in [6.07, 6.45) is 3.12. The molecule has 0 amide bonds. The Morgan fingerprint density at radius 2 is 1.43 bits per heavy atom. The van der Waals surface area contributed by atoms with Gasteiger partial charge in [-0.25, -0.2) is 0 Å². The molecule has 3 rings (SSSR count). The lowest BCUT2D eigenvalue weighted by Crippen LogP contribution is -2.67. The third-order valence-electron chi connectivity index (χ3n) is 4.57. The minimum atomic E-state index is -2.39. The summed E-state index contributed by atoms with van der Waals surface area (Å²) in [6, 6.07) is 21.6. The molecule has 1 aliphatic heterocycles. The molecule has 0 spiro atoms. The molecule has 3 heteroatoms. The van der Waals surface area contributed by atoms with E-state index in [9.17, 15) is 0 Å². The Labute approximate surface area is 140 Å². The molecular formula is C20H25NOSi. The van der Waals surface area contributed by atoms with Crippen molar-refractivity contribution >= 4 is 24.9 Å². The van der Waals surface area contributed by atoms with Gasteiger partial charge in [0.15, 0.2) is 0 Å². The van der Waals surface area contributed by atoms with Crippen molar-refractivity contribution in [2.75, 3.05) is 6.54 Å². The van der Waals surface area contributed by atoms with E-state index in [1.54, 1.807) is 0 Å². The molecule has 0 saturated carbocycles. The Bertz CT molecular complexity index is 614. The number of hydrogen-bond acceptors (Lipinski definition) is 2. The predicted octanol–water partition coefficient (Wildman–Crippen LogP) is 3.41. The zero-order valence-electron chi connectivity index (χ0n) is 14.2. The van der Waals surface area contributed by atoms with Gasteiger partial charge in [0.05, 0.1) is 12.6 Å². The minimum Gasteiger partial charge on any atom is -0.402 e. The van der Waals surface area contributed by atoms with Crippen LogP contribution in [0.1, 0.15) is 27.2 Å². The van der Waals surface area contributed by atoms with Crippen molar-refractivity contribution in [1.29, 1.82) is 0 Å². The lowest BCUT2D eigenvalue weighted by Gasteiger charge is -2.44. The molecule has 0 aliphatic carbocycles. The van der Waals surface area contributed by atoms with Gasteiger partial charge in [-0.05, 0) is 15.4 Å². The van der Waals surface area contributed by atoms with Crippen molar-refractivity contribution in [3.8, 4) is 0 Å². The zero-order valence-corrected chi connectivity index (χ0v) is 15.2. The van der Waals surface area contributed by atoms with Crippen molar-refractivity contribution in [1.82, 2.24) is 0 Å². The molecule has 0 unspecified atom stereocenters. The second-order valence-electron chi connectivity index (χ2n) is 7.19. The smallest absolute Gasteiger partial charge is 0.261 e. The van der Waals surface area contributed by atoms with Gasteiger partial charge >= 0.3 is 0 Å². The first-order valence-corrected chi connectivity index (χ1v) is 10.2. The fraction of sp³-hybridized carbons (Fsp3) is 0.350. The number of rotatable bonds is 4. The minimum absolute atomic E-state index is 0.0400. The maximum atomic E-state index is 6.95. The van der Waals surface area contributed by atoms with Crippen LogP contribution in [0.15, 0.2) is 65.7 Å². The van der Waals surface area contributed by atoms with Crippen LogP contribution in [0.25, 0.3) is 0 Å². The average molecular weight is 324 g/mol. The second kappa shape index (κ2) is 6.42. The molecule has 2 aromatic rings.